The SMILES string of the molecule is CN1CCN(Cc2cccc(-c3cnc(Cl)cc3F)n2)CC1. The first-order valence-corrected chi connectivity index (χ1v) is 7.68. The molecule has 1 aliphatic heterocycles. The van der Waals surface area contributed by atoms with Crippen LogP contribution in [0.1, 0.15) is 5.69 Å². The molecule has 0 unspecified atom stereocenters. The van der Waals surface area contributed by atoms with Gasteiger partial charge < -0.3 is 4.90 Å². The highest BCUT2D eigenvalue weighted by Crippen LogP contribution is 2.22. The highest BCUT2D eigenvalue weighted by atomic mass is 35.5. The molecule has 2 aromatic rings. The van der Waals surface area contributed by atoms with Crippen LogP contribution in [-0.2, 0) is 6.54 Å². The van der Waals surface area contributed by atoms with Crippen molar-refractivity contribution in [1.29, 1.82) is 0 Å². The molecule has 4 nitrogen and oxygen atoms in total. The van der Waals surface area contributed by atoms with Crippen molar-refractivity contribution in [1.82, 2.24) is 19.8 Å². The van der Waals surface area contributed by atoms with E-state index >= 15 is 0 Å². The van der Waals surface area contributed by atoms with Crippen LogP contribution in [0.4, 0.5) is 4.39 Å². The van der Waals surface area contributed by atoms with Gasteiger partial charge in [0, 0.05) is 45.0 Å². The van der Waals surface area contributed by atoms with Crippen LogP contribution in [0.25, 0.3) is 11.3 Å². The average molecular weight is 321 g/mol. The van der Waals surface area contributed by atoms with Gasteiger partial charge >= 0.3 is 0 Å². The van der Waals surface area contributed by atoms with Crippen LogP contribution in [0, 0.1) is 5.82 Å². The maximum atomic E-state index is 14.0. The molecule has 1 saturated heterocycles. The monoisotopic (exact) mass is 320 g/mol. The van der Waals surface area contributed by atoms with E-state index in [1.807, 2.05) is 12.1 Å². The lowest BCUT2D eigenvalue weighted by atomic mass is 10.1. The van der Waals surface area contributed by atoms with Crippen LogP contribution in [0.2, 0.25) is 5.15 Å². The van der Waals surface area contributed by atoms with Crippen LogP contribution >= 0.6 is 11.6 Å². The molecule has 0 aliphatic carbocycles. The topological polar surface area (TPSA) is 32.3 Å². The lowest BCUT2D eigenvalue weighted by Crippen LogP contribution is -2.44. The first-order valence-electron chi connectivity index (χ1n) is 7.30. The minimum Gasteiger partial charge on any atom is -0.304 e. The third kappa shape index (κ3) is 3.61. The van der Waals surface area contributed by atoms with Gasteiger partial charge in [-0.25, -0.2) is 9.37 Å². The molecule has 1 aliphatic rings. The van der Waals surface area contributed by atoms with E-state index in [1.54, 1.807) is 6.07 Å². The number of piperazine rings is 1. The molecule has 22 heavy (non-hydrogen) atoms. The van der Waals surface area contributed by atoms with Gasteiger partial charge in [-0.1, -0.05) is 17.7 Å². The van der Waals surface area contributed by atoms with E-state index in [4.69, 9.17) is 11.6 Å². The van der Waals surface area contributed by atoms with E-state index in [9.17, 15) is 4.39 Å². The Labute approximate surface area is 134 Å². The summed E-state index contributed by atoms with van der Waals surface area (Å²) >= 11 is 5.69. The molecule has 0 radical (unpaired) electrons. The van der Waals surface area contributed by atoms with Crippen molar-refractivity contribution in [3.63, 3.8) is 0 Å². The smallest absolute Gasteiger partial charge is 0.137 e. The van der Waals surface area contributed by atoms with Crippen molar-refractivity contribution in [2.75, 3.05) is 33.2 Å². The zero-order chi connectivity index (χ0) is 15.5. The second kappa shape index (κ2) is 6.69. The van der Waals surface area contributed by atoms with E-state index in [-0.39, 0.29) is 5.15 Å². The Balaban J connectivity index is 1.77. The number of hydrogen-bond acceptors (Lipinski definition) is 4. The second-order valence-electron chi connectivity index (χ2n) is 5.58. The highest BCUT2D eigenvalue weighted by molar-refractivity contribution is 6.29. The molecule has 0 saturated carbocycles. The van der Waals surface area contributed by atoms with E-state index in [0.717, 1.165) is 38.4 Å². The number of likely N-dealkylation sites (N-methyl/N-ethyl adjacent to an activating group) is 1. The van der Waals surface area contributed by atoms with Crippen molar-refractivity contribution in [3.05, 3.63) is 47.1 Å². The molecule has 0 atom stereocenters. The van der Waals surface area contributed by atoms with Gasteiger partial charge in [-0.15, -0.1) is 0 Å². The Morgan fingerprint density at radius 2 is 2.00 bits per heavy atom. The van der Waals surface area contributed by atoms with Gasteiger partial charge in [0.05, 0.1) is 17.0 Å². The third-order valence-corrected chi connectivity index (χ3v) is 4.09. The van der Waals surface area contributed by atoms with Crippen molar-refractivity contribution < 1.29 is 4.39 Å². The fraction of sp³-hybridized carbons (Fsp3) is 0.375. The van der Waals surface area contributed by atoms with Crippen molar-refractivity contribution in [2.45, 2.75) is 6.54 Å². The fourth-order valence-corrected chi connectivity index (χ4v) is 2.69. The summed E-state index contributed by atoms with van der Waals surface area (Å²) in [5.74, 6) is -0.399. The van der Waals surface area contributed by atoms with Gasteiger partial charge in [0.1, 0.15) is 11.0 Å². The quantitative estimate of drug-likeness (QED) is 0.814. The maximum Gasteiger partial charge on any atom is 0.137 e. The number of pyridine rings is 2. The lowest BCUT2D eigenvalue weighted by molar-refractivity contribution is 0.147. The predicted molar refractivity (Wildman–Crippen MR) is 85.2 cm³/mol. The summed E-state index contributed by atoms with van der Waals surface area (Å²) in [6, 6.07) is 6.89. The summed E-state index contributed by atoms with van der Waals surface area (Å²) in [7, 11) is 2.13. The molecule has 3 rings (SSSR count). The van der Waals surface area contributed by atoms with Gasteiger partial charge in [-0.3, -0.25) is 9.88 Å². The molecular weight excluding hydrogens is 303 g/mol. The molecule has 0 spiro atoms. The zero-order valence-corrected chi connectivity index (χ0v) is 13.2. The number of halogens is 2. The normalized spacial score (nSPS) is 16.9. The Bertz CT molecular complexity index is 656. The molecular formula is C16H18ClFN4. The predicted octanol–water partition coefficient (Wildman–Crippen LogP) is 2.68. The standard InChI is InChI=1S/C16H18ClFN4/c1-21-5-7-22(8-6-21)11-12-3-2-4-15(20-12)13-10-19-16(17)9-14(13)18/h2-4,9-10H,5-8,11H2,1H3. The summed E-state index contributed by atoms with van der Waals surface area (Å²) in [5, 5.41) is 0.148. The van der Waals surface area contributed by atoms with Crippen LogP contribution in [0.15, 0.2) is 30.5 Å². The molecule has 0 bridgehead atoms. The van der Waals surface area contributed by atoms with Crippen molar-refractivity contribution in [3.8, 4) is 11.3 Å². The van der Waals surface area contributed by atoms with E-state index in [0.29, 0.717) is 11.3 Å². The maximum absolute atomic E-state index is 14.0. The highest BCUT2D eigenvalue weighted by Gasteiger charge is 2.15. The first-order chi connectivity index (χ1) is 10.6. The molecule has 1 fully saturated rings. The summed E-state index contributed by atoms with van der Waals surface area (Å²) in [6.45, 7) is 4.97. The molecule has 6 heteroatoms. The van der Waals surface area contributed by atoms with Gasteiger partial charge in [0.2, 0.25) is 0 Å². The molecule has 0 aromatic carbocycles. The molecule has 116 valence electrons. The Hall–Kier alpha value is -1.56. The molecule has 0 N–H and O–H groups in total. The summed E-state index contributed by atoms with van der Waals surface area (Å²) in [4.78, 5) is 13.2. The molecule has 0 amide bonds. The summed E-state index contributed by atoms with van der Waals surface area (Å²) in [6.07, 6.45) is 1.43. The summed E-state index contributed by atoms with van der Waals surface area (Å²) in [5.41, 5.74) is 1.91. The Morgan fingerprint density at radius 3 is 2.73 bits per heavy atom. The minimum atomic E-state index is -0.399. The van der Waals surface area contributed by atoms with Crippen LogP contribution in [0.3, 0.4) is 0 Å². The van der Waals surface area contributed by atoms with Gasteiger partial charge in [-0.05, 0) is 19.2 Å². The lowest BCUT2D eigenvalue weighted by Gasteiger charge is -2.32. The minimum absolute atomic E-state index is 0.148. The van der Waals surface area contributed by atoms with Crippen LogP contribution in [0.5, 0.6) is 0 Å². The average Bonchev–Trinajstić information content (AvgIpc) is 2.50. The van der Waals surface area contributed by atoms with E-state index in [1.165, 1.54) is 12.3 Å². The summed E-state index contributed by atoms with van der Waals surface area (Å²) < 4.78 is 14.0. The van der Waals surface area contributed by atoms with Crippen molar-refractivity contribution >= 4 is 11.6 Å². The third-order valence-electron chi connectivity index (χ3n) is 3.88. The second-order valence-corrected chi connectivity index (χ2v) is 5.97. The van der Waals surface area contributed by atoms with Crippen LogP contribution < -0.4 is 0 Å². The van der Waals surface area contributed by atoms with Gasteiger partial charge in [0.15, 0.2) is 0 Å². The van der Waals surface area contributed by atoms with Crippen molar-refractivity contribution in [2.24, 2.45) is 0 Å². The van der Waals surface area contributed by atoms with Gasteiger partial charge in [-0.2, -0.15) is 0 Å². The number of hydrogen-bond donors (Lipinski definition) is 0. The fourth-order valence-electron chi connectivity index (χ4n) is 2.55. The van der Waals surface area contributed by atoms with Crippen LogP contribution in [-0.4, -0.2) is 53.0 Å². The van der Waals surface area contributed by atoms with E-state index < -0.39 is 5.82 Å². The number of aromatic nitrogens is 2. The molecule has 3 heterocycles. The Morgan fingerprint density at radius 1 is 1.23 bits per heavy atom. The van der Waals surface area contributed by atoms with E-state index in [2.05, 4.69) is 26.8 Å². The number of rotatable bonds is 3. The largest absolute Gasteiger partial charge is 0.304 e. The zero-order valence-electron chi connectivity index (χ0n) is 12.5. The van der Waals surface area contributed by atoms with Gasteiger partial charge in [0.25, 0.3) is 0 Å². The molecule has 2 aromatic heterocycles. The first kappa shape index (κ1) is 15.3. The number of nitrogens with zero attached hydrogens (tertiary/aromatic N) is 4. The Kier molecular flexibility index (Phi) is 4.66.